The highest BCUT2D eigenvalue weighted by Crippen LogP contribution is 2.35. The molecule has 0 radical (unpaired) electrons. The van der Waals surface area contributed by atoms with Gasteiger partial charge in [0.25, 0.3) is 0 Å². The van der Waals surface area contributed by atoms with Gasteiger partial charge in [0.2, 0.25) is 11.8 Å². The molecular formula is C21H21BrCl2N4O4. The number of pyridine rings is 1. The fourth-order valence-corrected chi connectivity index (χ4v) is 3.96. The zero-order valence-electron chi connectivity index (χ0n) is 17.6. The van der Waals surface area contributed by atoms with Gasteiger partial charge in [-0.2, -0.15) is 0 Å². The number of aromatic nitrogens is 2. The Kier molecular flexibility index (Phi) is 8.00. The molecule has 0 aliphatic heterocycles. The van der Waals surface area contributed by atoms with Crippen LogP contribution in [0.15, 0.2) is 35.1 Å². The first-order valence-electron chi connectivity index (χ1n) is 9.49. The number of methoxy groups -OCH3 is 1. The van der Waals surface area contributed by atoms with Crippen molar-refractivity contribution in [1.82, 2.24) is 14.7 Å². The van der Waals surface area contributed by atoms with Gasteiger partial charge in [-0.3, -0.25) is 14.0 Å². The van der Waals surface area contributed by atoms with Crippen molar-refractivity contribution in [3.8, 4) is 5.75 Å². The van der Waals surface area contributed by atoms with Crippen LogP contribution in [0.4, 0.5) is 5.69 Å². The molecule has 3 rings (SSSR count). The number of anilines is 1. The molecule has 1 N–H and O–H groups in total. The standard InChI is InChI=1S/C21H21BrCl2N4O4/c1-12-20(22)28-8-4-5-16(21(28)26-12)32-10-13-14(23)6-7-15(19(13)24)27(2)18(30)9-25-17(29)11-31-3/h4-8H,9-11H2,1-3H3,(H,25,29). The van der Waals surface area contributed by atoms with Crippen LogP contribution < -0.4 is 15.0 Å². The Hall–Kier alpha value is -2.33. The predicted molar refractivity (Wildman–Crippen MR) is 127 cm³/mol. The van der Waals surface area contributed by atoms with Crippen molar-refractivity contribution in [3.63, 3.8) is 0 Å². The van der Waals surface area contributed by atoms with Crippen LogP contribution in [0.5, 0.6) is 5.75 Å². The molecule has 0 saturated heterocycles. The van der Waals surface area contributed by atoms with Crippen LogP contribution in [0.25, 0.3) is 5.65 Å². The Morgan fingerprint density at radius 2 is 2.03 bits per heavy atom. The van der Waals surface area contributed by atoms with E-state index < -0.39 is 0 Å². The summed E-state index contributed by atoms with van der Waals surface area (Å²) >= 11 is 16.5. The van der Waals surface area contributed by atoms with Gasteiger partial charge in [-0.15, -0.1) is 0 Å². The highest BCUT2D eigenvalue weighted by Gasteiger charge is 2.20. The maximum Gasteiger partial charge on any atom is 0.246 e. The molecule has 0 spiro atoms. The summed E-state index contributed by atoms with van der Waals surface area (Å²) < 4.78 is 13.4. The number of hydrogen-bond donors (Lipinski definition) is 1. The van der Waals surface area contributed by atoms with Crippen LogP contribution in [-0.4, -0.2) is 48.5 Å². The summed E-state index contributed by atoms with van der Waals surface area (Å²) in [7, 11) is 2.97. The van der Waals surface area contributed by atoms with Crippen molar-refractivity contribution in [2.45, 2.75) is 13.5 Å². The normalized spacial score (nSPS) is 10.9. The predicted octanol–water partition coefficient (Wildman–Crippen LogP) is 4.02. The van der Waals surface area contributed by atoms with Crippen molar-refractivity contribution < 1.29 is 19.1 Å². The van der Waals surface area contributed by atoms with E-state index in [0.29, 0.717) is 27.7 Å². The van der Waals surface area contributed by atoms with Gasteiger partial charge in [-0.1, -0.05) is 23.2 Å². The van der Waals surface area contributed by atoms with Crippen LogP contribution in [0, 0.1) is 6.92 Å². The van der Waals surface area contributed by atoms with Gasteiger partial charge in [0.05, 0.1) is 22.9 Å². The molecule has 0 saturated carbocycles. The van der Waals surface area contributed by atoms with Gasteiger partial charge >= 0.3 is 0 Å². The molecule has 32 heavy (non-hydrogen) atoms. The average molecular weight is 544 g/mol. The first-order valence-corrected chi connectivity index (χ1v) is 11.0. The van der Waals surface area contributed by atoms with Crippen molar-refractivity contribution >= 4 is 62.3 Å². The second-order valence-electron chi connectivity index (χ2n) is 6.86. The first kappa shape index (κ1) is 24.3. The topological polar surface area (TPSA) is 85.2 Å². The van der Waals surface area contributed by atoms with Gasteiger partial charge in [0.15, 0.2) is 11.4 Å². The van der Waals surface area contributed by atoms with E-state index in [1.54, 1.807) is 25.2 Å². The highest BCUT2D eigenvalue weighted by atomic mass is 79.9. The van der Waals surface area contributed by atoms with E-state index in [4.69, 9.17) is 32.7 Å². The van der Waals surface area contributed by atoms with Crippen LogP contribution in [0.3, 0.4) is 0 Å². The molecule has 3 aromatic rings. The van der Waals surface area contributed by atoms with E-state index in [1.807, 2.05) is 23.6 Å². The molecule has 2 aromatic heterocycles. The van der Waals surface area contributed by atoms with Crippen LogP contribution >= 0.6 is 39.1 Å². The lowest BCUT2D eigenvalue weighted by atomic mass is 10.2. The van der Waals surface area contributed by atoms with Crippen molar-refractivity contribution in [2.24, 2.45) is 0 Å². The summed E-state index contributed by atoms with van der Waals surface area (Å²) in [5.74, 6) is -0.183. The molecule has 8 nitrogen and oxygen atoms in total. The van der Waals surface area contributed by atoms with E-state index in [-0.39, 0.29) is 36.6 Å². The smallest absolute Gasteiger partial charge is 0.246 e. The minimum Gasteiger partial charge on any atom is -0.485 e. The number of carbonyl (C=O) groups excluding carboxylic acids is 2. The number of ether oxygens (including phenoxy) is 2. The van der Waals surface area contributed by atoms with Crippen molar-refractivity contribution in [1.29, 1.82) is 0 Å². The number of fused-ring (bicyclic) bond motifs is 1. The minimum atomic E-state index is -0.388. The lowest BCUT2D eigenvalue weighted by molar-refractivity contribution is -0.127. The fraction of sp³-hybridized carbons (Fsp3) is 0.286. The third-order valence-corrected chi connectivity index (χ3v) is 6.43. The monoisotopic (exact) mass is 542 g/mol. The zero-order chi connectivity index (χ0) is 23.4. The quantitative estimate of drug-likeness (QED) is 0.464. The average Bonchev–Trinajstić information content (AvgIpc) is 3.06. The number of carbonyl (C=O) groups is 2. The molecule has 2 heterocycles. The van der Waals surface area contributed by atoms with E-state index in [1.165, 1.54) is 12.0 Å². The Morgan fingerprint density at radius 1 is 1.28 bits per heavy atom. The molecule has 2 amide bonds. The van der Waals surface area contributed by atoms with Gasteiger partial charge in [-0.05, 0) is 47.1 Å². The number of likely N-dealkylation sites (N-methyl/N-ethyl adjacent to an activating group) is 1. The van der Waals surface area contributed by atoms with Crippen LogP contribution in [-0.2, 0) is 20.9 Å². The highest BCUT2D eigenvalue weighted by molar-refractivity contribution is 9.10. The molecule has 0 fully saturated rings. The van der Waals surface area contributed by atoms with Gasteiger partial charge in [0, 0.05) is 30.9 Å². The van der Waals surface area contributed by atoms with Gasteiger partial charge < -0.3 is 19.7 Å². The maximum atomic E-state index is 12.5. The number of nitrogens with one attached hydrogen (secondary N) is 1. The third kappa shape index (κ3) is 5.17. The third-order valence-electron chi connectivity index (χ3n) is 4.70. The molecule has 1 aromatic carbocycles. The summed E-state index contributed by atoms with van der Waals surface area (Å²) in [5.41, 5.74) is 2.45. The fourth-order valence-electron chi connectivity index (χ4n) is 2.98. The summed E-state index contributed by atoms with van der Waals surface area (Å²) in [6, 6.07) is 6.93. The van der Waals surface area contributed by atoms with E-state index in [2.05, 4.69) is 26.2 Å². The number of halogens is 3. The maximum absolute atomic E-state index is 12.5. The number of aryl methyl sites for hydroxylation is 1. The second-order valence-corrected chi connectivity index (χ2v) is 8.40. The number of nitrogens with zero attached hydrogens (tertiary/aromatic N) is 3. The molecule has 0 aliphatic carbocycles. The largest absolute Gasteiger partial charge is 0.485 e. The summed E-state index contributed by atoms with van der Waals surface area (Å²) in [4.78, 5) is 29.9. The Balaban J connectivity index is 1.79. The van der Waals surface area contributed by atoms with Gasteiger partial charge in [-0.25, -0.2) is 4.98 Å². The van der Waals surface area contributed by atoms with E-state index in [0.717, 1.165) is 10.3 Å². The molecule has 0 aliphatic rings. The SMILES string of the molecule is COCC(=O)NCC(=O)N(C)c1ccc(Cl)c(COc2cccn3c(Br)c(C)nc23)c1Cl. The van der Waals surface area contributed by atoms with Crippen LogP contribution in [0.1, 0.15) is 11.3 Å². The van der Waals surface area contributed by atoms with Crippen molar-refractivity contribution in [3.05, 3.63) is 56.4 Å². The minimum absolute atomic E-state index is 0.0707. The Morgan fingerprint density at radius 3 is 2.75 bits per heavy atom. The summed E-state index contributed by atoms with van der Waals surface area (Å²) in [6.45, 7) is 1.64. The van der Waals surface area contributed by atoms with E-state index in [9.17, 15) is 9.59 Å². The Labute approximate surface area is 203 Å². The molecule has 170 valence electrons. The van der Waals surface area contributed by atoms with Gasteiger partial charge in [0.1, 0.15) is 17.8 Å². The number of hydrogen-bond acceptors (Lipinski definition) is 5. The molecular weight excluding hydrogens is 523 g/mol. The van der Waals surface area contributed by atoms with Crippen molar-refractivity contribution in [2.75, 3.05) is 32.2 Å². The molecule has 11 heteroatoms. The lowest BCUT2D eigenvalue weighted by Gasteiger charge is -2.21. The molecule has 0 unspecified atom stereocenters. The number of imidazole rings is 1. The first-order chi connectivity index (χ1) is 15.2. The van der Waals surface area contributed by atoms with Crippen LogP contribution in [0.2, 0.25) is 10.0 Å². The lowest BCUT2D eigenvalue weighted by Crippen LogP contribution is -2.39. The molecule has 0 atom stereocenters. The summed E-state index contributed by atoms with van der Waals surface area (Å²) in [5, 5.41) is 3.17. The summed E-state index contributed by atoms with van der Waals surface area (Å²) in [6.07, 6.45) is 1.87. The number of amides is 2. The second kappa shape index (κ2) is 10.5. The zero-order valence-corrected chi connectivity index (χ0v) is 20.7. The Bertz CT molecular complexity index is 1170. The number of rotatable bonds is 8. The number of benzene rings is 1. The van der Waals surface area contributed by atoms with E-state index >= 15 is 0 Å². The molecule has 0 bridgehead atoms.